The molecule has 2 aliphatic heterocycles. The van der Waals surface area contributed by atoms with E-state index in [1.165, 1.54) is 0 Å². The van der Waals surface area contributed by atoms with Gasteiger partial charge in [-0.1, -0.05) is 36.4 Å². The van der Waals surface area contributed by atoms with Gasteiger partial charge in [0.25, 0.3) is 0 Å². The Morgan fingerprint density at radius 2 is 1.72 bits per heavy atom. The van der Waals surface area contributed by atoms with Gasteiger partial charge in [-0.3, -0.25) is 0 Å². The van der Waals surface area contributed by atoms with Gasteiger partial charge in [-0.05, 0) is 35.9 Å². The highest BCUT2D eigenvalue weighted by molar-refractivity contribution is 5.86. The van der Waals surface area contributed by atoms with E-state index in [-0.39, 0.29) is 0 Å². The number of hydrogen-bond donors (Lipinski definition) is 0. The zero-order chi connectivity index (χ0) is 16.8. The molecule has 0 saturated carbocycles. The first-order valence-electron chi connectivity index (χ1n) is 8.27. The van der Waals surface area contributed by atoms with Gasteiger partial charge in [-0.15, -0.1) is 0 Å². The SMILES string of the molecule is COc1ccc(C2=c3ccc4c(c3Oc3ccccc32)OCC=4)cc1. The second kappa shape index (κ2) is 5.42. The van der Waals surface area contributed by atoms with E-state index in [2.05, 4.69) is 36.4 Å². The van der Waals surface area contributed by atoms with Gasteiger partial charge < -0.3 is 14.2 Å². The molecule has 2 heterocycles. The first-order valence-corrected chi connectivity index (χ1v) is 8.27. The van der Waals surface area contributed by atoms with Crippen LogP contribution in [0.1, 0.15) is 11.1 Å². The molecule has 0 radical (unpaired) electrons. The molecule has 2 aliphatic rings. The van der Waals surface area contributed by atoms with Gasteiger partial charge in [-0.2, -0.15) is 0 Å². The van der Waals surface area contributed by atoms with E-state index < -0.39 is 0 Å². The third kappa shape index (κ3) is 2.13. The molecule has 0 bridgehead atoms. The lowest BCUT2D eigenvalue weighted by Crippen LogP contribution is -2.20. The van der Waals surface area contributed by atoms with Crippen molar-refractivity contribution in [1.29, 1.82) is 0 Å². The average molecular weight is 328 g/mol. The van der Waals surface area contributed by atoms with Crippen LogP contribution in [0.3, 0.4) is 0 Å². The molecular weight excluding hydrogens is 312 g/mol. The van der Waals surface area contributed by atoms with Crippen LogP contribution in [0.5, 0.6) is 23.0 Å². The molecule has 0 atom stereocenters. The van der Waals surface area contributed by atoms with Crippen molar-refractivity contribution in [3.63, 3.8) is 0 Å². The number of hydrogen-bond acceptors (Lipinski definition) is 3. The molecule has 3 aromatic rings. The fourth-order valence-corrected chi connectivity index (χ4v) is 3.49. The van der Waals surface area contributed by atoms with Crippen LogP contribution in [0.2, 0.25) is 0 Å². The maximum atomic E-state index is 6.23. The highest BCUT2D eigenvalue weighted by Crippen LogP contribution is 2.39. The molecular formula is C22H16O3. The lowest BCUT2D eigenvalue weighted by molar-refractivity contribution is 0.355. The van der Waals surface area contributed by atoms with E-state index in [9.17, 15) is 0 Å². The minimum Gasteiger partial charge on any atom is -0.497 e. The highest BCUT2D eigenvalue weighted by atomic mass is 16.5. The summed E-state index contributed by atoms with van der Waals surface area (Å²) in [4.78, 5) is 0. The van der Waals surface area contributed by atoms with E-state index in [1.54, 1.807) is 7.11 Å². The fourth-order valence-electron chi connectivity index (χ4n) is 3.49. The number of fused-ring (bicyclic) bond motifs is 4. The Kier molecular flexibility index (Phi) is 3.07. The normalized spacial score (nSPS) is 13.7. The van der Waals surface area contributed by atoms with Gasteiger partial charge in [0.2, 0.25) is 0 Å². The first kappa shape index (κ1) is 14.2. The van der Waals surface area contributed by atoms with Crippen LogP contribution in [0, 0.1) is 0 Å². The van der Waals surface area contributed by atoms with Gasteiger partial charge in [-0.25, -0.2) is 0 Å². The molecule has 0 spiro atoms. The van der Waals surface area contributed by atoms with E-state index in [0.29, 0.717) is 6.61 Å². The van der Waals surface area contributed by atoms with Crippen LogP contribution in [0.4, 0.5) is 0 Å². The van der Waals surface area contributed by atoms with Gasteiger partial charge >= 0.3 is 0 Å². The zero-order valence-electron chi connectivity index (χ0n) is 13.8. The van der Waals surface area contributed by atoms with Crippen molar-refractivity contribution < 1.29 is 14.2 Å². The molecule has 0 N–H and O–H groups in total. The van der Waals surface area contributed by atoms with Crippen molar-refractivity contribution in [1.82, 2.24) is 0 Å². The number of ether oxygens (including phenoxy) is 3. The fraction of sp³-hybridized carbons (Fsp3) is 0.0909. The summed E-state index contributed by atoms with van der Waals surface area (Å²) in [6.07, 6.45) is 2.08. The molecule has 0 amide bonds. The monoisotopic (exact) mass is 328 g/mol. The summed E-state index contributed by atoms with van der Waals surface area (Å²) in [6.45, 7) is 0.592. The van der Waals surface area contributed by atoms with Gasteiger partial charge in [0.05, 0.1) is 7.11 Å². The molecule has 25 heavy (non-hydrogen) atoms. The van der Waals surface area contributed by atoms with Crippen LogP contribution in [0.15, 0.2) is 60.7 Å². The third-order valence-corrected chi connectivity index (χ3v) is 4.69. The molecule has 0 unspecified atom stereocenters. The molecule has 3 nitrogen and oxygen atoms in total. The standard InChI is InChI=1S/C22H16O3/c1-23-16-9-6-14(7-10-16)20-17-4-2-3-5-19(17)25-22-18(20)11-8-15-12-13-24-21(15)22/h2-12H,13H2,1H3. The van der Waals surface area contributed by atoms with Gasteiger partial charge in [0.15, 0.2) is 11.5 Å². The Morgan fingerprint density at radius 1 is 0.880 bits per heavy atom. The predicted octanol–water partition coefficient (Wildman–Crippen LogP) is 3.22. The quantitative estimate of drug-likeness (QED) is 0.565. The summed E-state index contributed by atoms with van der Waals surface area (Å²) >= 11 is 0. The van der Waals surface area contributed by atoms with Crippen molar-refractivity contribution in [3.05, 3.63) is 82.2 Å². The van der Waals surface area contributed by atoms with Crippen LogP contribution in [0.25, 0.3) is 11.6 Å². The van der Waals surface area contributed by atoms with Crippen molar-refractivity contribution in [2.45, 2.75) is 0 Å². The van der Waals surface area contributed by atoms with E-state index in [0.717, 1.165) is 50.1 Å². The van der Waals surface area contributed by atoms with Gasteiger partial charge in [0, 0.05) is 21.6 Å². The summed E-state index contributed by atoms with van der Waals surface area (Å²) in [5.41, 5.74) is 3.36. The summed E-state index contributed by atoms with van der Waals surface area (Å²) in [5, 5.41) is 2.14. The van der Waals surface area contributed by atoms with Crippen molar-refractivity contribution >= 4 is 11.6 Å². The minimum absolute atomic E-state index is 0.592. The van der Waals surface area contributed by atoms with Crippen molar-refractivity contribution in [2.75, 3.05) is 13.7 Å². The summed E-state index contributed by atoms with van der Waals surface area (Å²) < 4.78 is 17.3. The number of methoxy groups -OCH3 is 1. The highest BCUT2D eigenvalue weighted by Gasteiger charge is 2.24. The maximum absolute atomic E-state index is 6.23. The number of rotatable bonds is 2. The zero-order valence-corrected chi connectivity index (χ0v) is 13.8. The van der Waals surface area contributed by atoms with Gasteiger partial charge in [0.1, 0.15) is 18.1 Å². The van der Waals surface area contributed by atoms with Crippen LogP contribution in [-0.4, -0.2) is 13.7 Å². The Morgan fingerprint density at radius 3 is 2.56 bits per heavy atom. The Balaban J connectivity index is 1.86. The summed E-state index contributed by atoms with van der Waals surface area (Å²) in [6, 6.07) is 20.5. The molecule has 5 rings (SSSR count). The molecule has 0 saturated heterocycles. The summed E-state index contributed by atoms with van der Waals surface area (Å²) in [5.74, 6) is 3.33. The Hall–Kier alpha value is -3.20. The van der Waals surface area contributed by atoms with E-state index in [4.69, 9.17) is 14.2 Å². The Labute approximate surface area is 145 Å². The van der Waals surface area contributed by atoms with Crippen LogP contribution >= 0.6 is 0 Å². The van der Waals surface area contributed by atoms with Crippen molar-refractivity contribution in [3.8, 4) is 23.0 Å². The molecule has 3 heteroatoms. The molecule has 3 aromatic carbocycles. The second-order valence-corrected chi connectivity index (χ2v) is 6.08. The van der Waals surface area contributed by atoms with E-state index >= 15 is 0 Å². The average Bonchev–Trinajstić information content (AvgIpc) is 3.15. The predicted molar refractivity (Wildman–Crippen MR) is 96.8 cm³/mol. The molecule has 0 aliphatic carbocycles. The maximum Gasteiger partial charge on any atom is 0.177 e. The largest absolute Gasteiger partial charge is 0.497 e. The first-order chi connectivity index (χ1) is 12.3. The lowest BCUT2D eigenvalue weighted by Gasteiger charge is -2.22. The topological polar surface area (TPSA) is 27.7 Å². The van der Waals surface area contributed by atoms with Crippen molar-refractivity contribution in [2.24, 2.45) is 0 Å². The molecule has 0 aromatic heterocycles. The second-order valence-electron chi connectivity index (χ2n) is 6.08. The summed E-state index contributed by atoms with van der Waals surface area (Å²) in [7, 11) is 1.68. The van der Waals surface area contributed by atoms with Crippen LogP contribution < -0.4 is 24.6 Å². The smallest absolute Gasteiger partial charge is 0.177 e. The minimum atomic E-state index is 0.592. The van der Waals surface area contributed by atoms with Crippen LogP contribution in [-0.2, 0) is 0 Å². The van der Waals surface area contributed by atoms with E-state index in [1.807, 2.05) is 30.3 Å². The Bertz CT molecular complexity index is 1100. The number of para-hydroxylation sites is 1. The number of benzene rings is 3. The molecule has 0 fully saturated rings. The lowest BCUT2D eigenvalue weighted by atomic mass is 9.92. The third-order valence-electron chi connectivity index (χ3n) is 4.69. The molecule has 122 valence electrons.